The third-order valence-electron chi connectivity index (χ3n) is 4.76. The highest BCUT2D eigenvalue weighted by Gasteiger charge is 2.22. The van der Waals surface area contributed by atoms with Crippen molar-refractivity contribution in [2.24, 2.45) is 5.92 Å². The lowest BCUT2D eigenvalue weighted by molar-refractivity contribution is -0.118. The zero-order chi connectivity index (χ0) is 21.9. The Kier molecular flexibility index (Phi) is 6.25. The summed E-state index contributed by atoms with van der Waals surface area (Å²) in [5.41, 5.74) is 3.46. The number of aryl methyl sites for hydroxylation is 1. The highest BCUT2D eigenvalue weighted by atomic mass is 16.6. The number of anilines is 1. The van der Waals surface area contributed by atoms with Crippen molar-refractivity contribution in [1.29, 1.82) is 0 Å². The average molecular weight is 408 g/mol. The molecule has 0 aliphatic carbocycles. The van der Waals surface area contributed by atoms with Crippen molar-refractivity contribution < 1.29 is 14.3 Å². The molecular formula is C24H29N3O3. The van der Waals surface area contributed by atoms with E-state index in [1.807, 2.05) is 83.2 Å². The zero-order valence-electron chi connectivity index (χ0n) is 18.2. The minimum Gasteiger partial charge on any atom is -0.444 e. The molecule has 0 saturated heterocycles. The molecule has 0 unspecified atom stereocenters. The van der Waals surface area contributed by atoms with Crippen LogP contribution in [0.4, 0.5) is 10.5 Å². The van der Waals surface area contributed by atoms with Crippen molar-refractivity contribution in [3.8, 4) is 11.3 Å². The van der Waals surface area contributed by atoms with Crippen molar-refractivity contribution in [2.75, 3.05) is 5.32 Å². The second kappa shape index (κ2) is 8.69. The summed E-state index contributed by atoms with van der Waals surface area (Å²) in [5.74, 6) is -0.425. The Labute approximate surface area is 177 Å². The van der Waals surface area contributed by atoms with Gasteiger partial charge in [0.05, 0.1) is 23.3 Å². The van der Waals surface area contributed by atoms with E-state index in [0.29, 0.717) is 17.8 Å². The smallest absolute Gasteiger partial charge is 0.408 e. The number of alkyl carbamates (subject to hydrolysis) is 1. The van der Waals surface area contributed by atoms with Crippen LogP contribution in [-0.4, -0.2) is 22.6 Å². The number of nitrogens with zero attached hydrogens (tertiary/aromatic N) is 1. The normalized spacial score (nSPS) is 20.1. The predicted octanol–water partition coefficient (Wildman–Crippen LogP) is 5.16. The maximum Gasteiger partial charge on any atom is 0.408 e. The van der Waals surface area contributed by atoms with Crippen LogP contribution >= 0.6 is 0 Å². The minimum absolute atomic E-state index is 0.105. The van der Waals surface area contributed by atoms with Crippen molar-refractivity contribution >= 4 is 17.7 Å². The third kappa shape index (κ3) is 5.47. The number of carbonyl (C=O) groups is 2. The van der Waals surface area contributed by atoms with Crippen LogP contribution in [0.2, 0.25) is 0 Å². The Bertz CT molecular complexity index is 976. The van der Waals surface area contributed by atoms with Gasteiger partial charge in [-0.05, 0) is 57.9 Å². The van der Waals surface area contributed by atoms with E-state index in [0.717, 1.165) is 16.8 Å². The molecule has 1 aliphatic rings. The topological polar surface area (TPSA) is 80.3 Å². The predicted molar refractivity (Wildman–Crippen MR) is 118 cm³/mol. The molecule has 0 spiro atoms. The van der Waals surface area contributed by atoms with E-state index in [9.17, 15) is 9.59 Å². The number of benzene rings is 1. The molecule has 1 aromatic carbocycles. The molecule has 6 heteroatoms. The summed E-state index contributed by atoms with van der Waals surface area (Å²) >= 11 is 0. The summed E-state index contributed by atoms with van der Waals surface area (Å²) in [5, 5.41) is 5.96. The Hall–Kier alpha value is -3.15. The molecule has 2 atom stereocenters. The second-order valence-corrected chi connectivity index (χ2v) is 8.61. The molecule has 2 heterocycles. The number of rotatable bonds is 1. The molecule has 30 heavy (non-hydrogen) atoms. The summed E-state index contributed by atoms with van der Waals surface area (Å²) in [4.78, 5) is 29.7. The van der Waals surface area contributed by atoms with E-state index in [2.05, 4.69) is 15.6 Å². The van der Waals surface area contributed by atoms with E-state index in [-0.39, 0.29) is 17.9 Å². The van der Waals surface area contributed by atoms with Gasteiger partial charge in [-0.2, -0.15) is 0 Å². The minimum atomic E-state index is -0.583. The molecule has 2 N–H and O–H groups in total. The van der Waals surface area contributed by atoms with Gasteiger partial charge in [-0.3, -0.25) is 9.78 Å². The van der Waals surface area contributed by atoms with Gasteiger partial charge in [-0.1, -0.05) is 37.3 Å². The number of ether oxygens (including phenoxy) is 1. The lowest BCUT2D eigenvalue weighted by atomic mass is 9.97. The van der Waals surface area contributed by atoms with Crippen LogP contribution in [0.25, 0.3) is 11.3 Å². The largest absolute Gasteiger partial charge is 0.444 e. The number of amides is 2. The second-order valence-electron chi connectivity index (χ2n) is 8.61. The van der Waals surface area contributed by atoms with Gasteiger partial charge in [0.15, 0.2) is 0 Å². The first kappa shape index (κ1) is 21.6. The van der Waals surface area contributed by atoms with Gasteiger partial charge in [0.1, 0.15) is 5.60 Å². The first-order chi connectivity index (χ1) is 14.1. The lowest BCUT2D eigenvalue weighted by Gasteiger charge is -2.24. The van der Waals surface area contributed by atoms with Crippen molar-refractivity contribution in [3.63, 3.8) is 0 Å². The molecule has 2 aromatic rings. The van der Waals surface area contributed by atoms with Gasteiger partial charge >= 0.3 is 6.09 Å². The van der Waals surface area contributed by atoms with Gasteiger partial charge in [0, 0.05) is 11.3 Å². The molecule has 0 saturated carbocycles. The molecule has 3 rings (SSSR count). The van der Waals surface area contributed by atoms with Crippen molar-refractivity contribution in [2.45, 2.75) is 52.7 Å². The number of nitrogens with one attached hydrogen (secondary N) is 2. The number of hydrogen-bond acceptors (Lipinski definition) is 4. The fourth-order valence-electron chi connectivity index (χ4n) is 3.26. The zero-order valence-corrected chi connectivity index (χ0v) is 18.2. The molecular weight excluding hydrogens is 378 g/mol. The van der Waals surface area contributed by atoms with Crippen molar-refractivity contribution in [3.05, 3.63) is 59.8 Å². The van der Waals surface area contributed by atoms with E-state index >= 15 is 0 Å². The first-order valence-corrected chi connectivity index (χ1v) is 10.2. The molecule has 6 nitrogen and oxygen atoms in total. The van der Waals surface area contributed by atoms with Crippen LogP contribution in [0, 0.1) is 12.8 Å². The van der Waals surface area contributed by atoms with Gasteiger partial charge < -0.3 is 15.4 Å². The first-order valence-electron chi connectivity index (χ1n) is 10.2. The van der Waals surface area contributed by atoms with E-state index in [4.69, 9.17) is 4.74 Å². The molecule has 158 valence electrons. The number of hydrogen-bond donors (Lipinski definition) is 2. The maximum absolute atomic E-state index is 12.6. The summed E-state index contributed by atoms with van der Waals surface area (Å²) in [7, 11) is 0. The summed E-state index contributed by atoms with van der Waals surface area (Å²) in [6.45, 7) is 9.26. The fraction of sp³-hybridized carbons (Fsp3) is 0.375. The lowest BCUT2D eigenvalue weighted by Crippen LogP contribution is -2.35. The van der Waals surface area contributed by atoms with E-state index in [1.165, 1.54) is 0 Å². The van der Waals surface area contributed by atoms with Gasteiger partial charge in [0.2, 0.25) is 5.91 Å². The van der Waals surface area contributed by atoms with Crippen LogP contribution in [0.3, 0.4) is 0 Å². The summed E-state index contributed by atoms with van der Waals surface area (Å²) in [6.07, 6.45) is 3.84. The number of pyridine rings is 1. The van der Waals surface area contributed by atoms with Crippen LogP contribution in [0.15, 0.2) is 48.6 Å². The van der Waals surface area contributed by atoms with Gasteiger partial charge in [0.25, 0.3) is 0 Å². The summed E-state index contributed by atoms with van der Waals surface area (Å²) < 4.78 is 5.44. The van der Waals surface area contributed by atoms with E-state index in [1.54, 1.807) is 0 Å². The number of fused-ring (bicyclic) bond motifs is 4. The Morgan fingerprint density at radius 1 is 1.23 bits per heavy atom. The van der Waals surface area contributed by atoms with Crippen LogP contribution in [0.5, 0.6) is 0 Å². The van der Waals surface area contributed by atoms with Gasteiger partial charge in [-0.25, -0.2) is 4.79 Å². The van der Waals surface area contributed by atoms with Crippen LogP contribution in [0.1, 0.15) is 51.4 Å². The Morgan fingerprint density at radius 3 is 2.73 bits per heavy atom. The SMILES string of the molecule is Cc1ccc2c(n1)-c1cccc(c1)[C@@H](NC(=O)OC(C)(C)C)C/C=C\[C@@H](C)C(=O)N2. The van der Waals surface area contributed by atoms with Crippen LogP contribution in [-0.2, 0) is 9.53 Å². The fourth-order valence-corrected chi connectivity index (χ4v) is 3.26. The third-order valence-corrected chi connectivity index (χ3v) is 4.76. The van der Waals surface area contributed by atoms with Crippen molar-refractivity contribution in [1.82, 2.24) is 10.3 Å². The monoisotopic (exact) mass is 407 g/mol. The molecule has 0 radical (unpaired) electrons. The van der Waals surface area contributed by atoms with Gasteiger partial charge in [-0.15, -0.1) is 0 Å². The summed E-state index contributed by atoms with van der Waals surface area (Å²) in [6, 6.07) is 11.3. The molecule has 2 amide bonds. The quantitative estimate of drug-likeness (QED) is 0.640. The van der Waals surface area contributed by atoms with E-state index < -0.39 is 11.7 Å². The maximum atomic E-state index is 12.6. The van der Waals surface area contributed by atoms with Crippen LogP contribution < -0.4 is 10.6 Å². The number of aromatic nitrogens is 1. The standard InChI is InChI=1S/C24H29N3O3/c1-15-8-6-11-19(27-23(29)30-24(3,4)5)17-9-7-10-18(14-17)21-20(26-22(15)28)13-12-16(2)25-21/h6-10,12-15,19H,11H2,1-5H3,(H,26,28)(H,27,29)/b8-6-/t15-,19+/m1/s1. The average Bonchev–Trinajstić information content (AvgIpc) is 2.66. The highest BCUT2D eigenvalue weighted by molar-refractivity contribution is 5.96. The molecule has 1 aliphatic heterocycles. The molecule has 0 fully saturated rings. The Balaban J connectivity index is 2.04. The molecule has 1 aromatic heterocycles. The molecule has 2 bridgehead atoms. The number of carbonyl (C=O) groups excluding carboxylic acids is 2. The Morgan fingerprint density at radius 2 is 2.00 bits per heavy atom. The highest BCUT2D eigenvalue weighted by Crippen LogP contribution is 2.30.